The Bertz CT molecular complexity index is 291. The van der Waals surface area contributed by atoms with Gasteiger partial charge in [0.2, 0.25) is 0 Å². The Kier molecular flexibility index (Phi) is 5.76. The highest BCUT2D eigenvalue weighted by Crippen LogP contribution is 2.13. The SMILES string of the molecule is COCC(N)CSCc1cccc(C)c1. The summed E-state index contributed by atoms with van der Waals surface area (Å²) in [5.74, 6) is 1.97. The molecule has 0 aliphatic carbocycles. The van der Waals surface area contributed by atoms with Crippen LogP contribution in [0.25, 0.3) is 0 Å². The van der Waals surface area contributed by atoms with Gasteiger partial charge in [-0.1, -0.05) is 29.8 Å². The predicted octanol–water partition coefficient (Wildman–Crippen LogP) is 2.20. The van der Waals surface area contributed by atoms with E-state index >= 15 is 0 Å². The largest absolute Gasteiger partial charge is 0.383 e. The molecule has 0 radical (unpaired) electrons. The summed E-state index contributed by atoms with van der Waals surface area (Å²) in [6.45, 7) is 2.76. The lowest BCUT2D eigenvalue weighted by Crippen LogP contribution is -2.28. The van der Waals surface area contributed by atoms with Crippen molar-refractivity contribution < 1.29 is 4.74 Å². The number of aryl methyl sites for hydroxylation is 1. The monoisotopic (exact) mass is 225 g/mol. The lowest BCUT2D eigenvalue weighted by atomic mass is 10.2. The molecule has 2 nitrogen and oxygen atoms in total. The van der Waals surface area contributed by atoms with Crippen molar-refractivity contribution in [2.45, 2.75) is 18.7 Å². The van der Waals surface area contributed by atoms with E-state index in [-0.39, 0.29) is 6.04 Å². The van der Waals surface area contributed by atoms with E-state index in [1.807, 2.05) is 11.8 Å². The molecule has 0 aromatic heterocycles. The summed E-state index contributed by atoms with van der Waals surface area (Å²) in [5, 5.41) is 0. The third kappa shape index (κ3) is 5.21. The molecule has 0 saturated heterocycles. The molecule has 15 heavy (non-hydrogen) atoms. The van der Waals surface area contributed by atoms with Crippen LogP contribution in [-0.2, 0) is 10.5 Å². The minimum absolute atomic E-state index is 0.143. The summed E-state index contributed by atoms with van der Waals surface area (Å²) in [6.07, 6.45) is 0. The summed E-state index contributed by atoms with van der Waals surface area (Å²) >= 11 is 1.86. The highest BCUT2D eigenvalue weighted by atomic mass is 32.2. The van der Waals surface area contributed by atoms with E-state index in [0.717, 1.165) is 11.5 Å². The second-order valence-corrected chi connectivity index (χ2v) is 4.75. The van der Waals surface area contributed by atoms with Gasteiger partial charge < -0.3 is 10.5 Å². The van der Waals surface area contributed by atoms with Crippen molar-refractivity contribution in [2.75, 3.05) is 19.5 Å². The zero-order chi connectivity index (χ0) is 11.1. The van der Waals surface area contributed by atoms with Crippen LogP contribution in [0.2, 0.25) is 0 Å². The summed E-state index contributed by atoms with van der Waals surface area (Å²) in [4.78, 5) is 0. The molecule has 2 N–H and O–H groups in total. The van der Waals surface area contributed by atoms with E-state index in [9.17, 15) is 0 Å². The van der Waals surface area contributed by atoms with Crippen LogP contribution in [0.15, 0.2) is 24.3 Å². The van der Waals surface area contributed by atoms with Gasteiger partial charge in [0.1, 0.15) is 0 Å². The number of hydrogen-bond donors (Lipinski definition) is 1. The van der Waals surface area contributed by atoms with Gasteiger partial charge in [-0.3, -0.25) is 0 Å². The second kappa shape index (κ2) is 6.88. The third-order valence-electron chi connectivity index (χ3n) is 2.06. The Morgan fingerprint density at radius 2 is 2.27 bits per heavy atom. The van der Waals surface area contributed by atoms with E-state index in [1.54, 1.807) is 7.11 Å². The fraction of sp³-hybridized carbons (Fsp3) is 0.500. The maximum absolute atomic E-state index is 5.83. The number of thioether (sulfide) groups is 1. The van der Waals surface area contributed by atoms with Crippen LogP contribution in [0.1, 0.15) is 11.1 Å². The van der Waals surface area contributed by atoms with Gasteiger partial charge >= 0.3 is 0 Å². The highest BCUT2D eigenvalue weighted by Gasteiger charge is 2.01. The van der Waals surface area contributed by atoms with Gasteiger partial charge in [-0.25, -0.2) is 0 Å². The number of methoxy groups -OCH3 is 1. The van der Waals surface area contributed by atoms with E-state index in [2.05, 4.69) is 31.2 Å². The first kappa shape index (κ1) is 12.6. The first-order chi connectivity index (χ1) is 7.22. The number of ether oxygens (including phenoxy) is 1. The Morgan fingerprint density at radius 1 is 1.47 bits per heavy atom. The zero-order valence-electron chi connectivity index (χ0n) is 9.40. The van der Waals surface area contributed by atoms with Crippen LogP contribution in [0.4, 0.5) is 0 Å². The zero-order valence-corrected chi connectivity index (χ0v) is 10.2. The Balaban J connectivity index is 2.25. The van der Waals surface area contributed by atoms with Gasteiger partial charge in [-0.2, -0.15) is 11.8 Å². The average Bonchev–Trinajstić information content (AvgIpc) is 2.18. The molecule has 0 aliphatic rings. The van der Waals surface area contributed by atoms with E-state index in [0.29, 0.717) is 6.61 Å². The average molecular weight is 225 g/mol. The van der Waals surface area contributed by atoms with Crippen molar-refractivity contribution in [1.82, 2.24) is 0 Å². The number of rotatable bonds is 6. The lowest BCUT2D eigenvalue weighted by Gasteiger charge is -2.09. The van der Waals surface area contributed by atoms with Gasteiger partial charge in [0.05, 0.1) is 6.61 Å². The summed E-state index contributed by atoms with van der Waals surface area (Å²) in [5.41, 5.74) is 8.51. The van der Waals surface area contributed by atoms with Crippen LogP contribution >= 0.6 is 11.8 Å². The van der Waals surface area contributed by atoms with Gasteiger partial charge in [-0.05, 0) is 12.5 Å². The summed E-state index contributed by atoms with van der Waals surface area (Å²) in [6, 6.07) is 8.73. The molecule has 0 fully saturated rings. The predicted molar refractivity (Wildman–Crippen MR) is 67.2 cm³/mol. The van der Waals surface area contributed by atoms with Gasteiger partial charge in [0.15, 0.2) is 0 Å². The number of hydrogen-bond acceptors (Lipinski definition) is 3. The number of nitrogens with two attached hydrogens (primary N) is 1. The molecule has 1 aromatic rings. The molecule has 1 rings (SSSR count). The molecule has 0 bridgehead atoms. The van der Waals surface area contributed by atoms with Crippen molar-refractivity contribution >= 4 is 11.8 Å². The molecular weight excluding hydrogens is 206 g/mol. The van der Waals surface area contributed by atoms with Crippen molar-refractivity contribution in [3.05, 3.63) is 35.4 Å². The first-order valence-corrected chi connectivity index (χ1v) is 6.25. The summed E-state index contributed by atoms with van der Waals surface area (Å²) < 4.78 is 4.99. The fourth-order valence-electron chi connectivity index (χ4n) is 1.39. The van der Waals surface area contributed by atoms with E-state index < -0.39 is 0 Å². The third-order valence-corrected chi connectivity index (χ3v) is 3.27. The smallest absolute Gasteiger partial charge is 0.0621 e. The van der Waals surface area contributed by atoms with Crippen LogP contribution in [-0.4, -0.2) is 25.5 Å². The Morgan fingerprint density at radius 3 is 2.93 bits per heavy atom. The van der Waals surface area contributed by atoms with E-state index in [1.165, 1.54) is 11.1 Å². The summed E-state index contributed by atoms with van der Waals surface area (Å²) in [7, 11) is 1.69. The molecule has 0 aliphatic heterocycles. The topological polar surface area (TPSA) is 35.2 Å². The molecule has 84 valence electrons. The molecule has 3 heteroatoms. The molecule has 0 spiro atoms. The van der Waals surface area contributed by atoms with Gasteiger partial charge in [0, 0.05) is 24.7 Å². The van der Waals surface area contributed by atoms with Crippen molar-refractivity contribution in [1.29, 1.82) is 0 Å². The van der Waals surface area contributed by atoms with Crippen molar-refractivity contribution in [3.8, 4) is 0 Å². The fourth-order valence-corrected chi connectivity index (χ4v) is 2.32. The minimum atomic E-state index is 0.143. The van der Waals surface area contributed by atoms with Crippen LogP contribution in [0, 0.1) is 6.92 Å². The maximum Gasteiger partial charge on any atom is 0.0621 e. The Hall–Kier alpha value is -0.510. The standard InChI is InChI=1S/C12H19NOS/c1-10-4-3-5-11(6-10)8-15-9-12(13)7-14-2/h3-6,12H,7-9,13H2,1-2H3. The number of benzene rings is 1. The molecule has 1 unspecified atom stereocenters. The van der Waals surface area contributed by atoms with Gasteiger partial charge in [-0.15, -0.1) is 0 Å². The van der Waals surface area contributed by atoms with Crippen LogP contribution in [0.5, 0.6) is 0 Å². The molecule has 0 amide bonds. The second-order valence-electron chi connectivity index (χ2n) is 3.72. The molecular formula is C12H19NOS. The molecule has 1 atom stereocenters. The molecule has 1 aromatic carbocycles. The van der Waals surface area contributed by atoms with Crippen molar-refractivity contribution in [3.63, 3.8) is 0 Å². The Labute approximate surface area is 96.2 Å². The van der Waals surface area contributed by atoms with Gasteiger partial charge in [0.25, 0.3) is 0 Å². The first-order valence-electron chi connectivity index (χ1n) is 5.10. The normalized spacial score (nSPS) is 12.7. The molecule has 0 saturated carbocycles. The lowest BCUT2D eigenvalue weighted by molar-refractivity contribution is 0.186. The quantitative estimate of drug-likeness (QED) is 0.806. The van der Waals surface area contributed by atoms with Crippen molar-refractivity contribution in [2.24, 2.45) is 5.73 Å². The highest BCUT2D eigenvalue weighted by molar-refractivity contribution is 7.98. The van der Waals surface area contributed by atoms with E-state index in [4.69, 9.17) is 10.5 Å². The van der Waals surface area contributed by atoms with Crippen LogP contribution < -0.4 is 5.73 Å². The molecule has 0 heterocycles. The van der Waals surface area contributed by atoms with Crippen LogP contribution in [0.3, 0.4) is 0 Å². The minimum Gasteiger partial charge on any atom is -0.383 e. The maximum atomic E-state index is 5.83.